The van der Waals surface area contributed by atoms with Crippen LogP contribution in [0.3, 0.4) is 0 Å². The molecule has 0 radical (unpaired) electrons. The first kappa shape index (κ1) is 14.0. The van der Waals surface area contributed by atoms with E-state index in [-0.39, 0.29) is 0 Å². The second-order valence-electron chi connectivity index (χ2n) is 4.56. The van der Waals surface area contributed by atoms with Crippen molar-refractivity contribution in [3.8, 4) is 0 Å². The highest BCUT2D eigenvalue weighted by atomic mass is 32.2. The van der Waals surface area contributed by atoms with Gasteiger partial charge in [-0.2, -0.15) is 11.8 Å². The molecule has 1 rings (SSSR count). The van der Waals surface area contributed by atoms with Crippen molar-refractivity contribution >= 4 is 23.1 Å². The number of thiophene rings is 1. The minimum Gasteiger partial charge on any atom is -0.390 e. The zero-order chi connectivity index (χ0) is 12.0. The van der Waals surface area contributed by atoms with Crippen LogP contribution < -0.4 is 5.32 Å². The third kappa shape index (κ3) is 5.89. The fourth-order valence-electron chi connectivity index (χ4n) is 1.31. The molecule has 1 atom stereocenters. The third-order valence-electron chi connectivity index (χ3n) is 2.12. The van der Waals surface area contributed by atoms with Gasteiger partial charge in [0.05, 0.1) is 5.60 Å². The van der Waals surface area contributed by atoms with Crippen molar-refractivity contribution in [1.29, 1.82) is 0 Å². The van der Waals surface area contributed by atoms with Gasteiger partial charge in [-0.15, -0.1) is 11.3 Å². The van der Waals surface area contributed by atoms with E-state index in [1.165, 1.54) is 4.88 Å². The molecule has 0 aromatic carbocycles. The molecule has 0 bridgehead atoms. The van der Waals surface area contributed by atoms with Crippen molar-refractivity contribution in [2.45, 2.75) is 32.4 Å². The lowest BCUT2D eigenvalue weighted by Gasteiger charge is -2.17. The number of nitrogens with one attached hydrogen (secondary N) is 1. The summed E-state index contributed by atoms with van der Waals surface area (Å²) in [6.45, 7) is 6.87. The van der Waals surface area contributed by atoms with Crippen molar-refractivity contribution < 1.29 is 5.11 Å². The smallest absolute Gasteiger partial charge is 0.0681 e. The number of rotatable bonds is 7. The minimum absolute atomic E-state index is 0.433. The maximum Gasteiger partial charge on any atom is 0.0681 e. The Kier molecular flexibility index (Phi) is 5.83. The van der Waals surface area contributed by atoms with Gasteiger partial charge in [0.15, 0.2) is 0 Å². The lowest BCUT2D eigenvalue weighted by molar-refractivity contribution is 0.107. The number of aliphatic hydroxyl groups is 1. The van der Waals surface area contributed by atoms with E-state index < -0.39 is 5.60 Å². The molecule has 0 aliphatic heterocycles. The van der Waals surface area contributed by atoms with Gasteiger partial charge < -0.3 is 10.4 Å². The van der Waals surface area contributed by atoms with Gasteiger partial charge in [-0.25, -0.2) is 0 Å². The van der Waals surface area contributed by atoms with E-state index in [1.54, 1.807) is 23.1 Å². The molecule has 0 unspecified atom stereocenters. The van der Waals surface area contributed by atoms with Crippen LogP contribution in [0.15, 0.2) is 17.5 Å². The first-order valence-corrected chi connectivity index (χ1v) is 7.59. The predicted molar refractivity (Wildman–Crippen MR) is 74.4 cm³/mol. The molecule has 2 N–H and O–H groups in total. The number of hydrogen-bond donors (Lipinski definition) is 2. The monoisotopic (exact) mass is 259 g/mol. The SMILES string of the molecule is C[C@@H](NCCSCC(C)(C)O)c1cccs1. The lowest BCUT2D eigenvalue weighted by Crippen LogP contribution is -2.24. The molecular formula is C12H21NOS2. The Hall–Kier alpha value is -0.0300. The molecule has 0 saturated carbocycles. The molecule has 0 aliphatic carbocycles. The van der Waals surface area contributed by atoms with Gasteiger partial charge in [0, 0.05) is 29.0 Å². The molecule has 1 heterocycles. The summed E-state index contributed by atoms with van der Waals surface area (Å²) >= 11 is 3.58. The van der Waals surface area contributed by atoms with Gasteiger partial charge >= 0.3 is 0 Å². The quantitative estimate of drug-likeness (QED) is 0.739. The Morgan fingerprint density at radius 1 is 1.56 bits per heavy atom. The minimum atomic E-state index is -0.552. The van der Waals surface area contributed by atoms with Crippen molar-refractivity contribution in [3.63, 3.8) is 0 Å². The predicted octanol–water partition coefficient (Wildman–Crippen LogP) is 2.90. The van der Waals surface area contributed by atoms with Crippen LogP contribution >= 0.6 is 23.1 Å². The molecule has 1 aromatic heterocycles. The summed E-state index contributed by atoms with van der Waals surface area (Å²) in [5, 5.41) is 15.1. The van der Waals surface area contributed by atoms with Crippen LogP contribution in [0.1, 0.15) is 31.7 Å². The van der Waals surface area contributed by atoms with Crippen molar-refractivity contribution in [2.75, 3.05) is 18.1 Å². The van der Waals surface area contributed by atoms with Gasteiger partial charge in [-0.3, -0.25) is 0 Å². The van der Waals surface area contributed by atoms with Gasteiger partial charge in [-0.05, 0) is 32.2 Å². The van der Waals surface area contributed by atoms with Gasteiger partial charge in [0.1, 0.15) is 0 Å². The van der Waals surface area contributed by atoms with Crippen molar-refractivity contribution in [3.05, 3.63) is 22.4 Å². The van der Waals surface area contributed by atoms with Crippen LogP contribution in [0.25, 0.3) is 0 Å². The number of thioether (sulfide) groups is 1. The normalized spacial score (nSPS) is 14.0. The van der Waals surface area contributed by atoms with Crippen molar-refractivity contribution in [2.24, 2.45) is 0 Å². The Morgan fingerprint density at radius 2 is 2.31 bits per heavy atom. The Bertz CT molecular complexity index is 280. The van der Waals surface area contributed by atoms with Crippen LogP contribution in [0.4, 0.5) is 0 Å². The summed E-state index contributed by atoms with van der Waals surface area (Å²) in [4.78, 5) is 1.38. The molecule has 92 valence electrons. The highest BCUT2D eigenvalue weighted by molar-refractivity contribution is 7.99. The molecule has 1 aromatic rings. The first-order chi connectivity index (χ1) is 7.49. The zero-order valence-corrected chi connectivity index (χ0v) is 11.8. The summed E-state index contributed by atoms with van der Waals surface area (Å²) in [7, 11) is 0. The topological polar surface area (TPSA) is 32.3 Å². The third-order valence-corrected chi connectivity index (χ3v) is 4.58. The maximum atomic E-state index is 9.54. The van der Waals surface area contributed by atoms with Gasteiger partial charge in [0.2, 0.25) is 0 Å². The number of hydrogen-bond acceptors (Lipinski definition) is 4. The Balaban J connectivity index is 2.08. The standard InChI is InChI=1S/C12H21NOS2/c1-10(11-5-4-7-16-11)13-6-8-15-9-12(2,3)14/h4-5,7,10,13-14H,6,8-9H2,1-3H3/t10-/m1/s1. The Labute approximate surface area is 106 Å². The molecule has 0 aliphatic rings. The lowest BCUT2D eigenvalue weighted by atomic mass is 10.2. The van der Waals surface area contributed by atoms with E-state index in [4.69, 9.17) is 0 Å². The van der Waals surface area contributed by atoms with E-state index in [0.29, 0.717) is 6.04 Å². The second-order valence-corrected chi connectivity index (χ2v) is 6.64. The Morgan fingerprint density at radius 3 is 2.88 bits per heavy atom. The average molecular weight is 259 g/mol. The van der Waals surface area contributed by atoms with Crippen LogP contribution in [0.5, 0.6) is 0 Å². The van der Waals surface area contributed by atoms with E-state index in [2.05, 4.69) is 29.8 Å². The molecule has 0 spiro atoms. The fourth-order valence-corrected chi connectivity index (χ4v) is 2.97. The molecule has 0 saturated heterocycles. The van der Waals surface area contributed by atoms with Crippen LogP contribution in [0, 0.1) is 0 Å². The molecule has 2 nitrogen and oxygen atoms in total. The van der Waals surface area contributed by atoms with E-state index in [9.17, 15) is 5.11 Å². The van der Waals surface area contributed by atoms with E-state index >= 15 is 0 Å². The molecule has 0 amide bonds. The zero-order valence-electron chi connectivity index (χ0n) is 10.2. The van der Waals surface area contributed by atoms with Crippen LogP contribution in [-0.2, 0) is 0 Å². The molecule has 16 heavy (non-hydrogen) atoms. The largest absolute Gasteiger partial charge is 0.390 e. The summed E-state index contributed by atoms with van der Waals surface area (Å²) in [6, 6.07) is 4.68. The highest BCUT2D eigenvalue weighted by Crippen LogP contribution is 2.18. The van der Waals surface area contributed by atoms with E-state index in [0.717, 1.165) is 18.1 Å². The molecule has 0 fully saturated rings. The van der Waals surface area contributed by atoms with E-state index in [1.807, 2.05) is 13.8 Å². The van der Waals surface area contributed by atoms with Crippen LogP contribution in [-0.4, -0.2) is 28.8 Å². The summed E-state index contributed by atoms with van der Waals surface area (Å²) in [5.74, 6) is 1.84. The highest BCUT2D eigenvalue weighted by Gasteiger charge is 2.11. The van der Waals surface area contributed by atoms with Gasteiger partial charge in [0.25, 0.3) is 0 Å². The maximum absolute atomic E-state index is 9.54. The average Bonchev–Trinajstić information content (AvgIpc) is 2.67. The van der Waals surface area contributed by atoms with Gasteiger partial charge in [-0.1, -0.05) is 6.07 Å². The molecule has 4 heteroatoms. The second kappa shape index (κ2) is 6.64. The summed E-state index contributed by atoms with van der Waals surface area (Å²) < 4.78 is 0. The summed E-state index contributed by atoms with van der Waals surface area (Å²) in [6.07, 6.45) is 0. The summed E-state index contributed by atoms with van der Waals surface area (Å²) in [5.41, 5.74) is -0.552. The van der Waals surface area contributed by atoms with Crippen LogP contribution in [0.2, 0.25) is 0 Å². The fraction of sp³-hybridized carbons (Fsp3) is 0.667. The van der Waals surface area contributed by atoms with Crippen molar-refractivity contribution in [1.82, 2.24) is 5.32 Å². The molecular weight excluding hydrogens is 238 g/mol. The first-order valence-electron chi connectivity index (χ1n) is 5.56.